The third kappa shape index (κ3) is 5.16. The first-order valence-corrected chi connectivity index (χ1v) is 6.56. The van der Waals surface area contributed by atoms with Crippen molar-refractivity contribution in [3.05, 3.63) is 18.2 Å². The van der Waals surface area contributed by atoms with Gasteiger partial charge in [-0.3, -0.25) is 11.3 Å². The third-order valence-corrected chi connectivity index (χ3v) is 2.65. The summed E-state index contributed by atoms with van der Waals surface area (Å²) in [5.74, 6) is 6.63. The molecule has 0 bridgehead atoms. The fourth-order valence-electron chi connectivity index (χ4n) is 1.71. The topological polar surface area (TPSA) is 65.1 Å². The Labute approximate surface area is 110 Å². The summed E-state index contributed by atoms with van der Waals surface area (Å²) in [6, 6.07) is 0.0854. The maximum atomic E-state index is 5.75. The quantitative estimate of drug-likeness (QED) is 0.571. The zero-order valence-corrected chi connectivity index (χ0v) is 11.9. The molecule has 1 aromatic heterocycles. The molecule has 1 rings (SSSR count). The molecule has 0 fully saturated rings. The monoisotopic (exact) mass is 254 g/mol. The number of hydrazine groups is 1. The van der Waals surface area contributed by atoms with Gasteiger partial charge in [-0.1, -0.05) is 6.92 Å². The number of hydrogen-bond donors (Lipinski definition) is 2. The van der Waals surface area contributed by atoms with E-state index in [0.717, 1.165) is 25.2 Å². The molecule has 104 valence electrons. The van der Waals surface area contributed by atoms with Gasteiger partial charge < -0.3 is 9.30 Å². The summed E-state index contributed by atoms with van der Waals surface area (Å²) in [5.41, 5.74) is 2.66. The lowest BCUT2D eigenvalue weighted by molar-refractivity contribution is -0.0146. The van der Waals surface area contributed by atoms with Crippen molar-refractivity contribution >= 4 is 0 Å². The molecule has 5 nitrogen and oxygen atoms in total. The van der Waals surface area contributed by atoms with Gasteiger partial charge in [0.2, 0.25) is 0 Å². The van der Waals surface area contributed by atoms with E-state index in [2.05, 4.69) is 21.9 Å². The number of nitrogens with zero attached hydrogens (tertiary/aromatic N) is 2. The number of ether oxygens (including phenoxy) is 1. The second-order valence-corrected chi connectivity index (χ2v) is 5.53. The van der Waals surface area contributed by atoms with Gasteiger partial charge in [0, 0.05) is 25.4 Å². The van der Waals surface area contributed by atoms with E-state index in [4.69, 9.17) is 10.6 Å². The second-order valence-electron chi connectivity index (χ2n) is 5.53. The molecule has 1 aromatic rings. The Balaban J connectivity index is 2.54. The average Bonchev–Trinajstić information content (AvgIpc) is 2.71. The van der Waals surface area contributed by atoms with Gasteiger partial charge in [-0.2, -0.15) is 0 Å². The van der Waals surface area contributed by atoms with Crippen molar-refractivity contribution in [1.29, 1.82) is 0 Å². The van der Waals surface area contributed by atoms with Crippen LogP contribution in [-0.2, 0) is 17.7 Å². The Morgan fingerprint density at radius 2 is 2.22 bits per heavy atom. The van der Waals surface area contributed by atoms with Crippen LogP contribution in [0.4, 0.5) is 0 Å². The van der Waals surface area contributed by atoms with Gasteiger partial charge in [-0.15, -0.1) is 0 Å². The molecule has 5 heteroatoms. The molecule has 0 amide bonds. The fraction of sp³-hybridized carbons (Fsp3) is 0.769. The molecular formula is C13H26N4O. The predicted octanol–water partition coefficient (Wildman–Crippen LogP) is 1.48. The van der Waals surface area contributed by atoms with Gasteiger partial charge in [0.25, 0.3) is 0 Å². The van der Waals surface area contributed by atoms with Crippen LogP contribution in [0, 0.1) is 0 Å². The van der Waals surface area contributed by atoms with Crippen LogP contribution in [0.1, 0.15) is 39.9 Å². The first kappa shape index (κ1) is 15.1. The lowest BCUT2D eigenvalue weighted by Gasteiger charge is -2.24. The van der Waals surface area contributed by atoms with Crippen LogP contribution in [0.15, 0.2) is 12.4 Å². The molecule has 1 unspecified atom stereocenters. The van der Waals surface area contributed by atoms with Crippen molar-refractivity contribution in [3.8, 4) is 0 Å². The molecule has 1 heterocycles. The van der Waals surface area contributed by atoms with E-state index in [0.29, 0.717) is 6.61 Å². The highest BCUT2D eigenvalue weighted by atomic mass is 16.5. The van der Waals surface area contributed by atoms with E-state index in [1.807, 2.05) is 33.2 Å². The summed E-state index contributed by atoms with van der Waals surface area (Å²) in [6.45, 7) is 9.85. The number of nitrogens with two attached hydrogens (primary N) is 1. The molecule has 0 spiro atoms. The van der Waals surface area contributed by atoms with Gasteiger partial charge in [-0.05, 0) is 27.2 Å². The lowest BCUT2D eigenvalue weighted by Crippen LogP contribution is -2.42. The number of rotatable bonds is 7. The Bertz CT molecular complexity index is 343. The van der Waals surface area contributed by atoms with E-state index in [1.54, 1.807) is 0 Å². The SMILES string of the molecule is CCCn1ccnc1CC(COC(C)(C)C)NN. The standard InChI is InChI=1S/C13H26N4O/c1-5-7-17-8-6-15-12(17)9-11(16-14)10-18-13(2,3)4/h6,8,11,16H,5,7,9-10,14H2,1-4H3. The first-order valence-electron chi connectivity index (χ1n) is 6.56. The van der Waals surface area contributed by atoms with Crippen LogP contribution in [0.25, 0.3) is 0 Å². The Hall–Kier alpha value is -0.910. The van der Waals surface area contributed by atoms with Gasteiger partial charge in [0.15, 0.2) is 0 Å². The average molecular weight is 254 g/mol. The highest BCUT2D eigenvalue weighted by molar-refractivity contribution is 4.95. The molecule has 0 aliphatic carbocycles. The van der Waals surface area contributed by atoms with Gasteiger partial charge in [-0.25, -0.2) is 4.98 Å². The fourth-order valence-corrected chi connectivity index (χ4v) is 1.71. The number of nitrogens with one attached hydrogen (secondary N) is 1. The second kappa shape index (κ2) is 6.87. The van der Waals surface area contributed by atoms with Crippen molar-refractivity contribution in [2.45, 2.75) is 58.7 Å². The van der Waals surface area contributed by atoms with Crippen molar-refractivity contribution < 1.29 is 4.74 Å². The lowest BCUT2D eigenvalue weighted by atomic mass is 10.1. The summed E-state index contributed by atoms with van der Waals surface area (Å²) in [4.78, 5) is 4.38. The Kier molecular flexibility index (Phi) is 5.78. The molecule has 3 N–H and O–H groups in total. The molecule has 0 saturated heterocycles. The molecule has 0 aliphatic rings. The minimum atomic E-state index is -0.145. The largest absolute Gasteiger partial charge is 0.374 e. The van der Waals surface area contributed by atoms with E-state index in [9.17, 15) is 0 Å². The van der Waals surface area contributed by atoms with Crippen LogP contribution >= 0.6 is 0 Å². The van der Waals surface area contributed by atoms with Gasteiger partial charge in [0.1, 0.15) is 5.82 Å². The first-order chi connectivity index (χ1) is 8.46. The summed E-state index contributed by atoms with van der Waals surface area (Å²) in [6.07, 6.45) is 5.72. The summed E-state index contributed by atoms with van der Waals surface area (Å²) in [7, 11) is 0. The molecule has 0 aliphatic heterocycles. The van der Waals surface area contributed by atoms with E-state index in [1.165, 1.54) is 0 Å². The minimum absolute atomic E-state index is 0.0854. The van der Waals surface area contributed by atoms with Crippen molar-refractivity contribution in [2.24, 2.45) is 5.84 Å². The van der Waals surface area contributed by atoms with Crippen molar-refractivity contribution in [1.82, 2.24) is 15.0 Å². The molecule has 18 heavy (non-hydrogen) atoms. The normalized spacial score (nSPS) is 13.8. The number of aryl methyl sites for hydroxylation is 1. The zero-order chi connectivity index (χ0) is 13.6. The van der Waals surface area contributed by atoms with Gasteiger partial charge in [0.05, 0.1) is 18.2 Å². The van der Waals surface area contributed by atoms with E-state index in [-0.39, 0.29) is 11.6 Å². The number of imidazole rings is 1. The highest BCUT2D eigenvalue weighted by Gasteiger charge is 2.16. The van der Waals surface area contributed by atoms with Crippen LogP contribution < -0.4 is 11.3 Å². The van der Waals surface area contributed by atoms with Crippen molar-refractivity contribution in [3.63, 3.8) is 0 Å². The minimum Gasteiger partial charge on any atom is -0.374 e. The maximum absolute atomic E-state index is 5.75. The summed E-state index contributed by atoms with van der Waals surface area (Å²) < 4.78 is 7.92. The van der Waals surface area contributed by atoms with Crippen LogP contribution in [0.2, 0.25) is 0 Å². The number of aromatic nitrogens is 2. The predicted molar refractivity (Wildman–Crippen MR) is 73.0 cm³/mol. The Morgan fingerprint density at radius 3 is 2.78 bits per heavy atom. The van der Waals surface area contributed by atoms with E-state index >= 15 is 0 Å². The van der Waals surface area contributed by atoms with Crippen LogP contribution in [0.5, 0.6) is 0 Å². The molecular weight excluding hydrogens is 228 g/mol. The highest BCUT2D eigenvalue weighted by Crippen LogP contribution is 2.09. The van der Waals surface area contributed by atoms with Crippen LogP contribution in [0.3, 0.4) is 0 Å². The van der Waals surface area contributed by atoms with E-state index < -0.39 is 0 Å². The third-order valence-electron chi connectivity index (χ3n) is 2.65. The molecule has 0 radical (unpaired) electrons. The summed E-state index contributed by atoms with van der Waals surface area (Å²) in [5, 5.41) is 0. The molecule has 1 atom stereocenters. The molecule has 0 saturated carbocycles. The smallest absolute Gasteiger partial charge is 0.110 e. The zero-order valence-electron chi connectivity index (χ0n) is 11.9. The summed E-state index contributed by atoms with van der Waals surface area (Å²) >= 11 is 0. The number of hydrogen-bond acceptors (Lipinski definition) is 4. The van der Waals surface area contributed by atoms with Gasteiger partial charge >= 0.3 is 0 Å². The van der Waals surface area contributed by atoms with Crippen LogP contribution in [-0.4, -0.2) is 27.8 Å². The Morgan fingerprint density at radius 1 is 1.50 bits per heavy atom. The molecule has 0 aromatic carbocycles. The van der Waals surface area contributed by atoms with Crippen molar-refractivity contribution in [2.75, 3.05) is 6.61 Å². The maximum Gasteiger partial charge on any atom is 0.110 e.